The van der Waals surface area contributed by atoms with Crippen LogP contribution in [0.2, 0.25) is 0 Å². The molecule has 0 amide bonds. The van der Waals surface area contributed by atoms with Crippen molar-refractivity contribution in [2.75, 3.05) is 6.61 Å². The standard InChI is InChI=1S/C10H18NO2PS2/c1-9(2)8(10(3,4)16-15-9)13-14-12-7-5-6-11/h8,14H,5,7H2,1-4H3. The Hall–Kier alpha value is 0.540. The van der Waals surface area contributed by atoms with Crippen molar-refractivity contribution in [3.63, 3.8) is 0 Å². The fourth-order valence-corrected chi connectivity index (χ4v) is 5.93. The highest BCUT2D eigenvalue weighted by Crippen LogP contribution is 2.59. The summed E-state index contributed by atoms with van der Waals surface area (Å²) >= 11 is 0. The number of rotatable bonds is 5. The van der Waals surface area contributed by atoms with Crippen LogP contribution in [0.15, 0.2) is 0 Å². The van der Waals surface area contributed by atoms with Crippen molar-refractivity contribution in [1.29, 1.82) is 5.26 Å². The van der Waals surface area contributed by atoms with E-state index in [1.807, 2.05) is 27.7 Å². The smallest absolute Gasteiger partial charge is 0.155 e. The van der Waals surface area contributed by atoms with Crippen LogP contribution >= 0.6 is 30.6 Å². The predicted molar refractivity (Wildman–Crippen MR) is 72.7 cm³/mol. The van der Waals surface area contributed by atoms with Crippen molar-refractivity contribution in [3.8, 4) is 6.07 Å². The second-order valence-corrected chi connectivity index (χ2v) is 8.84. The topological polar surface area (TPSA) is 42.2 Å². The second-order valence-electron chi connectivity index (χ2n) is 4.71. The molecule has 1 aliphatic heterocycles. The highest BCUT2D eigenvalue weighted by molar-refractivity contribution is 8.78. The van der Waals surface area contributed by atoms with Gasteiger partial charge in [0.15, 0.2) is 9.03 Å². The molecule has 1 fully saturated rings. The van der Waals surface area contributed by atoms with Gasteiger partial charge in [-0.05, 0) is 27.7 Å². The average molecular weight is 279 g/mol. The average Bonchev–Trinajstić information content (AvgIpc) is 2.39. The summed E-state index contributed by atoms with van der Waals surface area (Å²) in [5.74, 6) is 0. The monoisotopic (exact) mass is 279 g/mol. The lowest BCUT2D eigenvalue weighted by Gasteiger charge is -2.31. The van der Waals surface area contributed by atoms with Crippen LogP contribution in [0.1, 0.15) is 34.1 Å². The molecule has 1 heterocycles. The molecule has 1 saturated heterocycles. The third kappa shape index (κ3) is 3.78. The molecule has 3 nitrogen and oxygen atoms in total. The van der Waals surface area contributed by atoms with Crippen molar-refractivity contribution in [2.45, 2.75) is 49.7 Å². The van der Waals surface area contributed by atoms with Gasteiger partial charge in [-0.1, -0.05) is 21.6 Å². The summed E-state index contributed by atoms with van der Waals surface area (Å²) in [6.45, 7) is 9.25. The Bertz CT molecular complexity index is 262. The van der Waals surface area contributed by atoms with Crippen LogP contribution in [-0.2, 0) is 9.05 Å². The zero-order chi connectivity index (χ0) is 12.2. The van der Waals surface area contributed by atoms with Gasteiger partial charge in [-0.2, -0.15) is 5.26 Å². The van der Waals surface area contributed by atoms with Crippen LogP contribution in [0.25, 0.3) is 0 Å². The molecule has 1 atom stereocenters. The lowest BCUT2D eigenvalue weighted by atomic mass is 9.95. The van der Waals surface area contributed by atoms with E-state index in [0.29, 0.717) is 13.0 Å². The van der Waals surface area contributed by atoms with E-state index in [2.05, 4.69) is 27.7 Å². The van der Waals surface area contributed by atoms with Gasteiger partial charge < -0.3 is 9.05 Å². The lowest BCUT2D eigenvalue weighted by Crippen LogP contribution is -2.41. The maximum Gasteiger partial charge on any atom is 0.155 e. The molecular formula is C10H18NO2PS2. The van der Waals surface area contributed by atoms with Gasteiger partial charge in [0.25, 0.3) is 0 Å². The van der Waals surface area contributed by atoms with Gasteiger partial charge in [-0.3, -0.25) is 0 Å². The Kier molecular flexibility index (Phi) is 5.41. The van der Waals surface area contributed by atoms with E-state index in [4.69, 9.17) is 14.3 Å². The first-order valence-corrected chi connectivity index (χ1v) is 8.13. The van der Waals surface area contributed by atoms with Crippen molar-refractivity contribution >= 4 is 30.6 Å². The molecular weight excluding hydrogens is 261 g/mol. The normalized spacial score (nSPS) is 23.9. The molecule has 0 aromatic rings. The molecule has 0 spiro atoms. The molecule has 16 heavy (non-hydrogen) atoms. The van der Waals surface area contributed by atoms with E-state index in [-0.39, 0.29) is 24.6 Å². The summed E-state index contributed by atoms with van der Waals surface area (Å²) in [6.07, 6.45) is 0.604. The molecule has 0 aliphatic carbocycles. The van der Waals surface area contributed by atoms with Crippen molar-refractivity contribution < 1.29 is 9.05 Å². The fourth-order valence-electron chi connectivity index (χ4n) is 1.64. The third-order valence-corrected chi connectivity index (χ3v) is 7.13. The van der Waals surface area contributed by atoms with Crippen LogP contribution < -0.4 is 0 Å². The lowest BCUT2D eigenvalue weighted by molar-refractivity contribution is 0.140. The minimum absolute atomic E-state index is 0.0317. The molecule has 92 valence electrons. The van der Waals surface area contributed by atoms with Crippen LogP contribution in [-0.4, -0.2) is 22.2 Å². The first-order chi connectivity index (χ1) is 7.40. The van der Waals surface area contributed by atoms with Gasteiger partial charge in [0.1, 0.15) is 0 Å². The SMILES string of the molecule is CC1(C)SSC(C)(C)C1OPOCCC#N. The minimum atomic E-state index is 0.0317. The largest absolute Gasteiger partial charge is 0.335 e. The Morgan fingerprint density at radius 2 is 1.81 bits per heavy atom. The summed E-state index contributed by atoms with van der Waals surface area (Å²) in [7, 11) is 3.77. The molecule has 0 bridgehead atoms. The Morgan fingerprint density at radius 1 is 1.25 bits per heavy atom. The van der Waals surface area contributed by atoms with Crippen LogP contribution in [0.3, 0.4) is 0 Å². The van der Waals surface area contributed by atoms with E-state index in [0.717, 1.165) is 0 Å². The van der Waals surface area contributed by atoms with Crippen molar-refractivity contribution in [3.05, 3.63) is 0 Å². The number of nitriles is 1. The highest BCUT2D eigenvalue weighted by atomic mass is 33.1. The van der Waals surface area contributed by atoms with Gasteiger partial charge in [0, 0.05) is 9.49 Å². The van der Waals surface area contributed by atoms with Crippen molar-refractivity contribution in [1.82, 2.24) is 0 Å². The predicted octanol–water partition coefficient (Wildman–Crippen LogP) is 3.76. The summed E-state index contributed by atoms with van der Waals surface area (Å²) in [4.78, 5) is 0. The van der Waals surface area contributed by atoms with E-state index in [9.17, 15) is 0 Å². The Morgan fingerprint density at radius 3 is 2.31 bits per heavy atom. The summed E-state index contributed by atoms with van der Waals surface area (Å²) in [6, 6.07) is 2.04. The van der Waals surface area contributed by atoms with E-state index < -0.39 is 0 Å². The van der Waals surface area contributed by atoms with Crippen LogP contribution in [0, 0.1) is 11.3 Å². The third-order valence-electron chi connectivity index (χ3n) is 2.27. The van der Waals surface area contributed by atoms with E-state index in [1.165, 1.54) is 0 Å². The van der Waals surface area contributed by atoms with Gasteiger partial charge in [0.2, 0.25) is 0 Å². The number of hydrogen-bond acceptors (Lipinski definition) is 5. The zero-order valence-corrected chi connectivity index (χ0v) is 12.7. The second kappa shape index (κ2) is 5.93. The molecule has 1 unspecified atom stereocenters. The van der Waals surface area contributed by atoms with Crippen molar-refractivity contribution in [2.24, 2.45) is 0 Å². The number of nitrogens with zero attached hydrogens (tertiary/aromatic N) is 1. The summed E-state index contributed by atoms with van der Waals surface area (Å²) in [5, 5.41) is 8.37. The quantitative estimate of drug-likeness (QED) is 0.435. The maximum absolute atomic E-state index is 8.37. The van der Waals surface area contributed by atoms with E-state index >= 15 is 0 Å². The first kappa shape index (κ1) is 14.6. The zero-order valence-electron chi connectivity index (χ0n) is 10.1. The summed E-state index contributed by atoms with van der Waals surface area (Å²) < 4.78 is 11.3. The number of hydrogen-bond donors (Lipinski definition) is 0. The molecule has 0 aromatic heterocycles. The van der Waals surface area contributed by atoms with Gasteiger partial charge in [-0.15, -0.1) is 0 Å². The van der Waals surface area contributed by atoms with Crippen LogP contribution in [0.5, 0.6) is 0 Å². The Labute approximate surface area is 107 Å². The summed E-state index contributed by atoms with van der Waals surface area (Å²) in [5.41, 5.74) is 0. The minimum Gasteiger partial charge on any atom is -0.335 e. The molecule has 0 radical (unpaired) electrons. The molecule has 1 rings (SSSR count). The highest BCUT2D eigenvalue weighted by Gasteiger charge is 2.50. The first-order valence-electron chi connectivity index (χ1n) is 5.16. The molecule has 0 aromatic carbocycles. The van der Waals surface area contributed by atoms with Crippen LogP contribution in [0.4, 0.5) is 0 Å². The fraction of sp³-hybridized carbons (Fsp3) is 0.900. The van der Waals surface area contributed by atoms with Gasteiger partial charge in [0.05, 0.1) is 25.2 Å². The molecule has 0 N–H and O–H groups in total. The van der Waals surface area contributed by atoms with E-state index in [1.54, 1.807) is 0 Å². The van der Waals surface area contributed by atoms with Gasteiger partial charge in [-0.25, -0.2) is 0 Å². The maximum atomic E-state index is 8.37. The van der Waals surface area contributed by atoms with Gasteiger partial charge >= 0.3 is 0 Å². The molecule has 0 saturated carbocycles. The Balaban J connectivity index is 2.37. The molecule has 6 heteroatoms. The molecule has 1 aliphatic rings.